The standard InChI is InChI=1S/C27H30BrN3O7S/c28-21-5-1-19(2-6-21)24-23(26(33)27(34)31(24)10-9-29-11-15-37-16-12-29)25(32)20-3-7-22(8-4-20)39(35,36)30-13-17-38-18-14-30/h1-8,24,32H,9-18H2/b25-23+. The van der Waals surface area contributed by atoms with Crippen LogP contribution in [0, 0.1) is 0 Å². The maximum absolute atomic E-state index is 13.3. The van der Waals surface area contributed by atoms with Crippen molar-refractivity contribution < 1.29 is 32.6 Å². The maximum atomic E-state index is 13.3. The van der Waals surface area contributed by atoms with Gasteiger partial charge in [0.05, 0.1) is 42.9 Å². The van der Waals surface area contributed by atoms with Crippen molar-refractivity contribution in [1.29, 1.82) is 0 Å². The van der Waals surface area contributed by atoms with E-state index >= 15 is 0 Å². The Labute approximate surface area is 236 Å². The van der Waals surface area contributed by atoms with Gasteiger partial charge in [0.1, 0.15) is 5.76 Å². The lowest BCUT2D eigenvalue weighted by atomic mass is 9.95. The van der Waals surface area contributed by atoms with Crippen LogP contribution in [0.2, 0.25) is 0 Å². The highest BCUT2D eigenvalue weighted by molar-refractivity contribution is 9.10. The second-order valence-electron chi connectivity index (χ2n) is 9.54. The fourth-order valence-corrected chi connectivity index (χ4v) is 6.72. The van der Waals surface area contributed by atoms with Crippen LogP contribution in [0.5, 0.6) is 0 Å². The number of amides is 1. The van der Waals surface area contributed by atoms with Crippen LogP contribution in [0.4, 0.5) is 0 Å². The van der Waals surface area contributed by atoms with E-state index in [1.807, 2.05) is 24.3 Å². The number of hydrogen-bond acceptors (Lipinski definition) is 8. The van der Waals surface area contributed by atoms with Crippen LogP contribution in [-0.4, -0.2) is 105 Å². The number of ether oxygens (including phenoxy) is 2. The third-order valence-electron chi connectivity index (χ3n) is 7.22. The molecule has 2 aromatic carbocycles. The molecule has 10 nitrogen and oxygen atoms in total. The van der Waals surface area contributed by atoms with Crippen molar-refractivity contribution in [3.05, 3.63) is 69.7 Å². The van der Waals surface area contributed by atoms with E-state index in [1.54, 1.807) is 0 Å². The van der Waals surface area contributed by atoms with Gasteiger partial charge in [0.15, 0.2) is 0 Å². The minimum absolute atomic E-state index is 0.0203. The number of nitrogens with zero attached hydrogens (tertiary/aromatic N) is 3. The number of carbonyl (C=O) groups is 2. The quantitative estimate of drug-likeness (QED) is 0.285. The summed E-state index contributed by atoms with van der Waals surface area (Å²) in [4.78, 5) is 30.3. The molecule has 3 aliphatic rings. The fourth-order valence-electron chi connectivity index (χ4n) is 5.05. The van der Waals surface area contributed by atoms with Gasteiger partial charge in [-0.2, -0.15) is 4.31 Å². The number of ketones is 1. The summed E-state index contributed by atoms with van der Waals surface area (Å²) in [5, 5.41) is 11.3. The van der Waals surface area contributed by atoms with Crippen molar-refractivity contribution in [2.75, 3.05) is 65.7 Å². The van der Waals surface area contributed by atoms with Gasteiger partial charge in [-0.25, -0.2) is 8.42 Å². The molecule has 1 unspecified atom stereocenters. The summed E-state index contributed by atoms with van der Waals surface area (Å²) in [6.07, 6.45) is 0. The molecule has 0 saturated carbocycles. The Morgan fingerprint density at radius 2 is 1.46 bits per heavy atom. The van der Waals surface area contributed by atoms with Crippen molar-refractivity contribution in [1.82, 2.24) is 14.1 Å². The molecule has 39 heavy (non-hydrogen) atoms. The number of benzene rings is 2. The molecular weight excluding hydrogens is 590 g/mol. The molecule has 1 N–H and O–H groups in total. The van der Waals surface area contributed by atoms with Gasteiger partial charge in [-0.15, -0.1) is 0 Å². The molecule has 0 bridgehead atoms. The Balaban J connectivity index is 1.47. The molecule has 1 atom stereocenters. The average molecular weight is 621 g/mol. The smallest absolute Gasteiger partial charge is 0.295 e. The van der Waals surface area contributed by atoms with Crippen molar-refractivity contribution in [2.24, 2.45) is 0 Å². The first kappa shape index (κ1) is 27.9. The van der Waals surface area contributed by atoms with Gasteiger partial charge in [0.2, 0.25) is 10.0 Å². The number of rotatable bonds is 7. The molecule has 0 radical (unpaired) electrons. The molecule has 3 aliphatic heterocycles. The Hall–Kier alpha value is -2.61. The molecule has 0 aliphatic carbocycles. The first-order valence-electron chi connectivity index (χ1n) is 12.8. The number of hydrogen-bond donors (Lipinski definition) is 1. The van der Waals surface area contributed by atoms with E-state index in [1.165, 1.54) is 33.5 Å². The number of likely N-dealkylation sites (tertiary alicyclic amines) is 1. The zero-order chi connectivity index (χ0) is 27.6. The highest BCUT2D eigenvalue weighted by Crippen LogP contribution is 2.39. The molecule has 3 saturated heterocycles. The molecule has 12 heteroatoms. The largest absolute Gasteiger partial charge is 0.507 e. The van der Waals surface area contributed by atoms with E-state index in [9.17, 15) is 23.1 Å². The number of aliphatic hydroxyl groups is 1. The summed E-state index contributed by atoms with van der Waals surface area (Å²) in [6, 6.07) is 12.2. The highest BCUT2D eigenvalue weighted by atomic mass is 79.9. The van der Waals surface area contributed by atoms with Crippen LogP contribution >= 0.6 is 15.9 Å². The maximum Gasteiger partial charge on any atom is 0.295 e. The Morgan fingerprint density at radius 3 is 2.08 bits per heavy atom. The van der Waals surface area contributed by atoms with Crippen LogP contribution in [0.25, 0.3) is 5.76 Å². The zero-order valence-corrected chi connectivity index (χ0v) is 23.7. The van der Waals surface area contributed by atoms with Gasteiger partial charge in [-0.1, -0.05) is 28.1 Å². The van der Waals surface area contributed by atoms with Gasteiger partial charge in [0.25, 0.3) is 11.7 Å². The molecule has 0 spiro atoms. The van der Waals surface area contributed by atoms with Crippen molar-refractivity contribution in [2.45, 2.75) is 10.9 Å². The number of sulfonamides is 1. The number of Topliss-reactive ketones (excluding diaryl/α,β-unsaturated/α-hetero) is 1. The predicted molar refractivity (Wildman–Crippen MR) is 146 cm³/mol. The van der Waals surface area contributed by atoms with Crippen molar-refractivity contribution in [3.8, 4) is 0 Å². The number of halogens is 1. The third-order valence-corrected chi connectivity index (χ3v) is 9.66. The SMILES string of the molecule is O=C1C(=O)N(CCN2CCOCC2)C(c2ccc(Br)cc2)/C1=C(\O)c1ccc(S(=O)(=O)N2CCOCC2)cc1. The molecule has 2 aromatic rings. The summed E-state index contributed by atoms with van der Waals surface area (Å²) in [5.41, 5.74) is 0.921. The van der Waals surface area contributed by atoms with Crippen molar-refractivity contribution in [3.63, 3.8) is 0 Å². The molecule has 1 amide bonds. The zero-order valence-electron chi connectivity index (χ0n) is 21.3. The predicted octanol–water partition coefficient (Wildman–Crippen LogP) is 2.22. The lowest BCUT2D eigenvalue weighted by Crippen LogP contribution is -2.42. The summed E-state index contributed by atoms with van der Waals surface area (Å²) in [7, 11) is -3.72. The number of carbonyl (C=O) groups excluding carboxylic acids is 2. The van der Waals surface area contributed by atoms with Crippen molar-refractivity contribution >= 4 is 43.4 Å². The Kier molecular flexibility index (Phi) is 8.50. The summed E-state index contributed by atoms with van der Waals surface area (Å²) >= 11 is 3.42. The van der Waals surface area contributed by atoms with Crippen LogP contribution in [-0.2, 0) is 29.1 Å². The normalized spacial score (nSPS) is 22.9. The topological polar surface area (TPSA) is 117 Å². The van der Waals surface area contributed by atoms with E-state index in [4.69, 9.17) is 9.47 Å². The lowest BCUT2D eigenvalue weighted by Gasteiger charge is -2.31. The van der Waals surface area contributed by atoms with Crippen LogP contribution in [0.1, 0.15) is 17.2 Å². The van der Waals surface area contributed by atoms with Gasteiger partial charge < -0.3 is 19.5 Å². The van der Waals surface area contributed by atoms with Crippen LogP contribution in [0.15, 0.2) is 63.5 Å². The van der Waals surface area contributed by atoms with Crippen LogP contribution < -0.4 is 0 Å². The molecule has 5 rings (SSSR count). The lowest BCUT2D eigenvalue weighted by molar-refractivity contribution is -0.140. The van der Waals surface area contributed by atoms with E-state index in [-0.39, 0.29) is 34.9 Å². The second kappa shape index (κ2) is 11.9. The summed E-state index contributed by atoms with van der Waals surface area (Å²) in [5.74, 6) is -1.79. The van der Waals surface area contributed by atoms with E-state index in [0.717, 1.165) is 17.6 Å². The first-order chi connectivity index (χ1) is 18.8. The van der Waals surface area contributed by atoms with Gasteiger partial charge >= 0.3 is 0 Å². The van der Waals surface area contributed by atoms with Crippen LogP contribution in [0.3, 0.4) is 0 Å². The van der Waals surface area contributed by atoms with Gasteiger partial charge in [-0.3, -0.25) is 14.5 Å². The average Bonchev–Trinajstić information content (AvgIpc) is 3.22. The fraction of sp³-hybridized carbons (Fsp3) is 0.407. The molecule has 208 valence electrons. The van der Waals surface area contributed by atoms with E-state index in [0.29, 0.717) is 45.1 Å². The summed E-state index contributed by atoms with van der Waals surface area (Å²) < 4.78 is 38.9. The minimum atomic E-state index is -3.72. The summed E-state index contributed by atoms with van der Waals surface area (Å²) in [6.45, 7) is 4.80. The molecule has 3 heterocycles. The highest BCUT2D eigenvalue weighted by Gasteiger charge is 2.46. The minimum Gasteiger partial charge on any atom is -0.507 e. The van der Waals surface area contributed by atoms with E-state index in [2.05, 4.69) is 20.8 Å². The Morgan fingerprint density at radius 1 is 0.872 bits per heavy atom. The Bertz CT molecular complexity index is 1350. The van der Waals surface area contributed by atoms with Gasteiger partial charge in [-0.05, 0) is 42.0 Å². The molecule has 3 fully saturated rings. The monoisotopic (exact) mass is 619 g/mol. The molecule has 0 aromatic heterocycles. The molecular formula is C27H30BrN3O7S. The second-order valence-corrected chi connectivity index (χ2v) is 12.4. The third kappa shape index (κ3) is 5.81. The number of aliphatic hydroxyl groups excluding tert-OH is 1. The van der Waals surface area contributed by atoms with Gasteiger partial charge in [0, 0.05) is 49.3 Å². The van der Waals surface area contributed by atoms with E-state index < -0.39 is 27.8 Å². The number of morpholine rings is 2. The first-order valence-corrected chi connectivity index (χ1v) is 15.0.